The Morgan fingerprint density at radius 3 is 2.04 bits per heavy atom. The lowest BCUT2D eigenvalue weighted by Gasteiger charge is -2.22. The molecule has 1 fully saturated rings. The maximum absolute atomic E-state index is 13.0. The summed E-state index contributed by atoms with van der Waals surface area (Å²) in [6, 6.07) is 15.1. The van der Waals surface area contributed by atoms with E-state index >= 15 is 0 Å². The van der Waals surface area contributed by atoms with Crippen LogP contribution in [0.3, 0.4) is 0 Å². The first-order valence-electron chi connectivity index (χ1n) is 7.95. The zero-order valence-corrected chi connectivity index (χ0v) is 13.3. The SMILES string of the molecule is CNC(=O)c1ccc(CN(Cc2ccc(F)cc2)C2CC2)cc1. The molecule has 1 aliphatic carbocycles. The minimum absolute atomic E-state index is 0.0677. The van der Waals surface area contributed by atoms with Gasteiger partial charge in [0.05, 0.1) is 0 Å². The van der Waals surface area contributed by atoms with Crippen molar-refractivity contribution in [2.75, 3.05) is 7.05 Å². The number of benzene rings is 2. The Morgan fingerprint density at radius 2 is 1.57 bits per heavy atom. The molecule has 1 aliphatic rings. The fraction of sp³-hybridized carbons (Fsp3) is 0.316. The number of nitrogens with one attached hydrogen (secondary N) is 1. The van der Waals surface area contributed by atoms with E-state index in [0.29, 0.717) is 11.6 Å². The third-order valence-electron chi connectivity index (χ3n) is 4.19. The maximum Gasteiger partial charge on any atom is 0.251 e. The highest BCUT2D eigenvalue weighted by atomic mass is 19.1. The lowest BCUT2D eigenvalue weighted by atomic mass is 10.1. The normalized spacial score (nSPS) is 14.0. The van der Waals surface area contributed by atoms with Crippen molar-refractivity contribution in [3.8, 4) is 0 Å². The molecule has 0 spiro atoms. The summed E-state index contributed by atoms with van der Waals surface area (Å²) in [5.74, 6) is -0.265. The Kier molecular flexibility index (Phi) is 4.72. The van der Waals surface area contributed by atoms with Gasteiger partial charge in [0.1, 0.15) is 5.82 Å². The summed E-state index contributed by atoms with van der Waals surface area (Å²) in [4.78, 5) is 14.0. The van der Waals surface area contributed by atoms with Crippen molar-refractivity contribution in [3.05, 3.63) is 71.0 Å². The van der Waals surface area contributed by atoms with Gasteiger partial charge in [-0.05, 0) is 48.2 Å². The number of carbonyl (C=O) groups is 1. The van der Waals surface area contributed by atoms with Crippen molar-refractivity contribution in [2.24, 2.45) is 0 Å². The Morgan fingerprint density at radius 1 is 1.04 bits per heavy atom. The van der Waals surface area contributed by atoms with Crippen molar-refractivity contribution in [1.29, 1.82) is 0 Å². The molecule has 2 aromatic rings. The molecule has 0 heterocycles. The molecule has 23 heavy (non-hydrogen) atoms. The predicted octanol–water partition coefficient (Wildman–Crippen LogP) is 3.35. The van der Waals surface area contributed by atoms with E-state index in [2.05, 4.69) is 10.2 Å². The van der Waals surface area contributed by atoms with Crippen LogP contribution in [0.15, 0.2) is 48.5 Å². The summed E-state index contributed by atoms with van der Waals surface area (Å²) in [6.07, 6.45) is 2.44. The fourth-order valence-electron chi connectivity index (χ4n) is 2.72. The summed E-state index contributed by atoms with van der Waals surface area (Å²) in [7, 11) is 1.63. The Hall–Kier alpha value is -2.20. The molecule has 0 aromatic heterocycles. The van der Waals surface area contributed by atoms with Gasteiger partial charge in [-0.25, -0.2) is 4.39 Å². The Labute approximate surface area is 136 Å². The summed E-state index contributed by atoms with van der Waals surface area (Å²) in [6.45, 7) is 1.66. The van der Waals surface area contributed by atoms with Crippen molar-refractivity contribution in [2.45, 2.75) is 32.0 Å². The highest BCUT2D eigenvalue weighted by Gasteiger charge is 2.28. The largest absolute Gasteiger partial charge is 0.355 e. The van der Waals surface area contributed by atoms with Gasteiger partial charge in [-0.15, -0.1) is 0 Å². The van der Waals surface area contributed by atoms with E-state index in [0.717, 1.165) is 18.7 Å². The van der Waals surface area contributed by atoms with Crippen molar-refractivity contribution < 1.29 is 9.18 Å². The minimum Gasteiger partial charge on any atom is -0.355 e. The van der Waals surface area contributed by atoms with Gasteiger partial charge < -0.3 is 5.32 Å². The predicted molar refractivity (Wildman–Crippen MR) is 88.5 cm³/mol. The molecule has 1 amide bonds. The highest BCUT2D eigenvalue weighted by Crippen LogP contribution is 2.30. The molecule has 2 aromatic carbocycles. The first-order chi connectivity index (χ1) is 11.2. The molecule has 0 bridgehead atoms. The lowest BCUT2D eigenvalue weighted by Crippen LogP contribution is -2.25. The second-order valence-electron chi connectivity index (χ2n) is 6.04. The smallest absolute Gasteiger partial charge is 0.251 e. The lowest BCUT2D eigenvalue weighted by molar-refractivity contribution is 0.0963. The highest BCUT2D eigenvalue weighted by molar-refractivity contribution is 5.93. The zero-order valence-electron chi connectivity index (χ0n) is 13.3. The molecule has 0 atom stereocenters. The van der Waals surface area contributed by atoms with E-state index in [1.807, 2.05) is 36.4 Å². The Bertz CT molecular complexity index is 663. The van der Waals surface area contributed by atoms with Gasteiger partial charge in [0, 0.05) is 31.7 Å². The number of amides is 1. The summed E-state index contributed by atoms with van der Waals surface area (Å²) in [5, 5.41) is 2.63. The van der Waals surface area contributed by atoms with E-state index in [-0.39, 0.29) is 11.7 Å². The molecular weight excluding hydrogens is 291 g/mol. The number of carbonyl (C=O) groups excluding carboxylic acids is 1. The van der Waals surface area contributed by atoms with Crippen LogP contribution in [0.25, 0.3) is 0 Å². The second kappa shape index (κ2) is 6.92. The summed E-state index contributed by atoms with van der Waals surface area (Å²) in [5.41, 5.74) is 2.99. The van der Waals surface area contributed by atoms with Crippen LogP contribution in [0, 0.1) is 5.82 Å². The van der Waals surface area contributed by atoms with Gasteiger partial charge in [-0.3, -0.25) is 9.69 Å². The van der Waals surface area contributed by atoms with Crippen LogP contribution < -0.4 is 5.32 Å². The third kappa shape index (κ3) is 4.17. The molecule has 0 radical (unpaired) electrons. The van der Waals surface area contributed by atoms with Crippen molar-refractivity contribution in [1.82, 2.24) is 10.2 Å². The van der Waals surface area contributed by atoms with E-state index in [9.17, 15) is 9.18 Å². The number of hydrogen-bond acceptors (Lipinski definition) is 2. The fourth-order valence-corrected chi connectivity index (χ4v) is 2.72. The van der Waals surface area contributed by atoms with Gasteiger partial charge in [-0.2, -0.15) is 0 Å². The van der Waals surface area contributed by atoms with Crippen LogP contribution in [0.5, 0.6) is 0 Å². The van der Waals surface area contributed by atoms with E-state index in [1.54, 1.807) is 7.05 Å². The summed E-state index contributed by atoms with van der Waals surface area (Å²) < 4.78 is 13.0. The van der Waals surface area contributed by atoms with Gasteiger partial charge in [0.2, 0.25) is 0 Å². The molecule has 0 aliphatic heterocycles. The van der Waals surface area contributed by atoms with Crippen LogP contribution in [0.2, 0.25) is 0 Å². The van der Waals surface area contributed by atoms with Crippen molar-refractivity contribution >= 4 is 5.91 Å². The van der Waals surface area contributed by atoms with Crippen LogP contribution in [-0.2, 0) is 13.1 Å². The van der Waals surface area contributed by atoms with E-state index in [4.69, 9.17) is 0 Å². The molecule has 0 saturated heterocycles. The number of rotatable bonds is 6. The van der Waals surface area contributed by atoms with E-state index < -0.39 is 0 Å². The maximum atomic E-state index is 13.0. The summed E-state index contributed by atoms with van der Waals surface area (Å²) >= 11 is 0. The standard InChI is InChI=1S/C19H21FN2O/c1-21-19(23)16-6-2-14(3-7-16)12-22(18-10-11-18)13-15-4-8-17(20)9-5-15/h2-9,18H,10-13H2,1H3,(H,21,23). The third-order valence-corrected chi connectivity index (χ3v) is 4.19. The van der Waals surface area contributed by atoms with Crippen LogP contribution >= 0.6 is 0 Å². The van der Waals surface area contributed by atoms with Crippen LogP contribution in [-0.4, -0.2) is 23.9 Å². The average molecular weight is 312 g/mol. The Balaban J connectivity index is 1.67. The van der Waals surface area contributed by atoms with Gasteiger partial charge in [-0.1, -0.05) is 24.3 Å². The van der Waals surface area contributed by atoms with Crippen LogP contribution in [0.4, 0.5) is 4.39 Å². The molecule has 0 unspecified atom stereocenters. The average Bonchev–Trinajstić information content (AvgIpc) is 3.41. The van der Waals surface area contributed by atoms with Crippen LogP contribution in [0.1, 0.15) is 34.3 Å². The second-order valence-corrected chi connectivity index (χ2v) is 6.04. The molecule has 4 heteroatoms. The molecular formula is C19H21FN2O. The number of nitrogens with zero attached hydrogens (tertiary/aromatic N) is 1. The monoisotopic (exact) mass is 312 g/mol. The van der Waals surface area contributed by atoms with E-state index in [1.165, 1.54) is 30.5 Å². The zero-order chi connectivity index (χ0) is 16.2. The molecule has 3 nitrogen and oxygen atoms in total. The topological polar surface area (TPSA) is 32.3 Å². The number of hydrogen-bond donors (Lipinski definition) is 1. The van der Waals surface area contributed by atoms with Gasteiger partial charge in [0.15, 0.2) is 0 Å². The molecule has 120 valence electrons. The first kappa shape index (κ1) is 15.7. The van der Waals surface area contributed by atoms with Gasteiger partial charge >= 0.3 is 0 Å². The molecule has 1 saturated carbocycles. The van der Waals surface area contributed by atoms with Gasteiger partial charge in [0.25, 0.3) is 5.91 Å². The number of halogens is 1. The van der Waals surface area contributed by atoms with Crippen molar-refractivity contribution in [3.63, 3.8) is 0 Å². The molecule has 3 rings (SSSR count). The minimum atomic E-state index is -0.198. The molecule has 1 N–H and O–H groups in total. The first-order valence-corrected chi connectivity index (χ1v) is 7.95. The quantitative estimate of drug-likeness (QED) is 0.887.